The summed E-state index contributed by atoms with van der Waals surface area (Å²) in [4.78, 5) is 15.9. The summed E-state index contributed by atoms with van der Waals surface area (Å²) in [7, 11) is 1.98. The third-order valence-corrected chi connectivity index (χ3v) is 4.75. The monoisotopic (exact) mass is 269 g/mol. The fourth-order valence-corrected chi connectivity index (χ4v) is 3.75. The molecule has 2 aromatic heterocycles. The van der Waals surface area contributed by atoms with Crippen molar-refractivity contribution in [1.82, 2.24) is 19.5 Å². The molecule has 0 N–H and O–H groups in total. The zero-order valence-corrected chi connectivity index (χ0v) is 12.0. The van der Waals surface area contributed by atoms with Crippen LogP contribution in [0.15, 0.2) is 24.3 Å². The second-order valence-electron chi connectivity index (χ2n) is 5.87. The number of aryl methyl sites for hydroxylation is 1. The van der Waals surface area contributed by atoms with Crippen LogP contribution in [-0.2, 0) is 7.05 Å². The van der Waals surface area contributed by atoms with Crippen molar-refractivity contribution in [1.29, 1.82) is 0 Å². The van der Waals surface area contributed by atoms with Gasteiger partial charge in [-0.15, -0.1) is 0 Å². The van der Waals surface area contributed by atoms with E-state index in [1.165, 1.54) is 25.7 Å². The van der Waals surface area contributed by atoms with E-state index in [-0.39, 0.29) is 0 Å². The number of allylic oxidation sites excluding steroid dienone is 1. The summed E-state index contributed by atoms with van der Waals surface area (Å²) >= 11 is 0. The Morgan fingerprint density at radius 1 is 1.15 bits per heavy atom. The number of hydrogen-bond donors (Lipinski definition) is 0. The number of aromatic nitrogens is 4. The van der Waals surface area contributed by atoms with Crippen molar-refractivity contribution >= 4 is 17.0 Å². The van der Waals surface area contributed by atoms with Crippen molar-refractivity contribution in [3.63, 3.8) is 0 Å². The maximum atomic E-state index is 4.56. The van der Waals surface area contributed by atoms with Crippen LogP contribution in [0.3, 0.4) is 0 Å². The van der Waals surface area contributed by atoms with E-state index in [1.807, 2.05) is 17.9 Å². The van der Waals surface area contributed by atoms with Gasteiger partial charge in [0, 0.05) is 19.1 Å². The van der Waals surface area contributed by atoms with Crippen molar-refractivity contribution in [3.8, 4) is 0 Å². The van der Waals surface area contributed by atoms with Crippen LogP contribution in [0.1, 0.15) is 32.6 Å². The van der Waals surface area contributed by atoms with Crippen molar-refractivity contribution in [2.75, 3.05) is 4.90 Å². The van der Waals surface area contributed by atoms with Gasteiger partial charge < -0.3 is 9.47 Å². The normalized spacial score (nSPS) is 25.5. The quantitative estimate of drug-likeness (QED) is 0.746. The number of imidazole rings is 1. The molecule has 0 radical (unpaired) electrons. The van der Waals surface area contributed by atoms with Gasteiger partial charge in [0.1, 0.15) is 6.33 Å². The Morgan fingerprint density at radius 2 is 1.90 bits per heavy atom. The van der Waals surface area contributed by atoms with Gasteiger partial charge in [0.25, 0.3) is 0 Å². The Labute approximate surface area is 118 Å². The largest absolute Gasteiger partial charge is 0.348 e. The molecule has 2 unspecified atom stereocenters. The molecule has 20 heavy (non-hydrogen) atoms. The third kappa shape index (κ3) is 1.58. The number of piperidine rings is 1. The molecule has 104 valence electrons. The molecule has 0 aromatic carbocycles. The van der Waals surface area contributed by atoms with Crippen LogP contribution in [0.2, 0.25) is 0 Å². The maximum Gasteiger partial charge on any atom is 0.165 e. The first kappa shape index (κ1) is 11.9. The Morgan fingerprint density at radius 3 is 2.60 bits per heavy atom. The zero-order chi connectivity index (χ0) is 13.7. The summed E-state index contributed by atoms with van der Waals surface area (Å²) in [5.74, 6) is 1.03. The van der Waals surface area contributed by atoms with Crippen LogP contribution < -0.4 is 4.90 Å². The van der Waals surface area contributed by atoms with Gasteiger partial charge in [-0.3, -0.25) is 0 Å². The van der Waals surface area contributed by atoms with E-state index in [2.05, 4.69) is 32.9 Å². The van der Waals surface area contributed by atoms with Gasteiger partial charge in [-0.1, -0.05) is 11.6 Å². The first-order valence-electron chi connectivity index (χ1n) is 7.32. The Hall–Kier alpha value is -1.91. The fourth-order valence-electron chi connectivity index (χ4n) is 3.75. The second-order valence-corrected chi connectivity index (χ2v) is 5.87. The smallest absolute Gasteiger partial charge is 0.165 e. The van der Waals surface area contributed by atoms with Gasteiger partial charge in [-0.25, -0.2) is 15.0 Å². The lowest BCUT2D eigenvalue weighted by Gasteiger charge is -2.37. The lowest BCUT2D eigenvalue weighted by molar-refractivity contribution is 0.545. The van der Waals surface area contributed by atoms with E-state index >= 15 is 0 Å². The summed E-state index contributed by atoms with van der Waals surface area (Å²) < 4.78 is 1.96. The van der Waals surface area contributed by atoms with Gasteiger partial charge in [0.2, 0.25) is 0 Å². The minimum Gasteiger partial charge on any atom is -0.348 e. The predicted octanol–water partition coefficient (Wildman–Crippen LogP) is 2.44. The summed E-state index contributed by atoms with van der Waals surface area (Å²) in [6.45, 7) is 2.16. The van der Waals surface area contributed by atoms with Crippen LogP contribution in [-0.4, -0.2) is 31.6 Å². The van der Waals surface area contributed by atoms with E-state index in [4.69, 9.17) is 0 Å². The molecule has 5 nitrogen and oxygen atoms in total. The molecule has 0 aliphatic carbocycles. The number of hydrogen-bond acceptors (Lipinski definition) is 4. The van der Waals surface area contributed by atoms with E-state index in [0.29, 0.717) is 12.1 Å². The average molecular weight is 269 g/mol. The summed E-state index contributed by atoms with van der Waals surface area (Å²) in [5, 5.41) is 0. The van der Waals surface area contributed by atoms with Crippen LogP contribution in [0.25, 0.3) is 11.2 Å². The molecule has 2 bridgehead atoms. The minimum atomic E-state index is 0.583. The number of nitrogens with zero attached hydrogens (tertiary/aromatic N) is 5. The van der Waals surface area contributed by atoms with E-state index in [0.717, 1.165) is 17.0 Å². The molecule has 2 atom stereocenters. The molecule has 2 aliphatic rings. The molecular formula is C15H19N5. The Kier molecular flexibility index (Phi) is 2.55. The topological polar surface area (TPSA) is 46.8 Å². The van der Waals surface area contributed by atoms with Gasteiger partial charge in [-0.05, 0) is 32.6 Å². The first-order chi connectivity index (χ1) is 9.78. The highest BCUT2D eigenvalue weighted by molar-refractivity contribution is 5.84. The summed E-state index contributed by atoms with van der Waals surface area (Å²) in [6, 6.07) is 1.17. The van der Waals surface area contributed by atoms with E-state index in [9.17, 15) is 0 Å². The van der Waals surface area contributed by atoms with Crippen molar-refractivity contribution in [2.24, 2.45) is 7.05 Å². The highest BCUT2D eigenvalue weighted by atomic mass is 15.3. The van der Waals surface area contributed by atoms with E-state index < -0.39 is 0 Å². The third-order valence-electron chi connectivity index (χ3n) is 4.75. The SMILES string of the molecule is CC=C1CC2CCC(C1)N2c1ncnc2c1ncn2C. The molecule has 4 rings (SSSR count). The van der Waals surface area contributed by atoms with Crippen LogP contribution >= 0.6 is 0 Å². The van der Waals surface area contributed by atoms with Crippen molar-refractivity contribution in [3.05, 3.63) is 24.3 Å². The molecule has 2 fully saturated rings. The number of fused-ring (bicyclic) bond motifs is 3. The van der Waals surface area contributed by atoms with Crippen molar-refractivity contribution in [2.45, 2.75) is 44.7 Å². The molecule has 4 heterocycles. The van der Waals surface area contributed by atoms with Crippen LogP contribution in [0.4, 0.5) is 5.82 Å². The second kappa shape index (κ2) is 4.30. The Balaban J connectivity index is 1.81. The lowest BCUT2D eigenvalue weighted by Crippen LogP contribution is -2.41. The van der Waals surface area contributed by atoms with Gasteiger partial charge in [0.05, 0.1) is 6.33 Å². The number of anilines is 1. The van der Waals surface area contributed by atoms with Crippen LogP contribution in [0.5, 0.6) is 0 Å². The first-order valence-corrected chi connectivity index (χ1v) is 7.32. The fraction of sp³-hybridized carbons (Fsp3) is 0.533. The Bertz CT molecular complexity index is 671. The van der Waals surface area contributed by atoms with Crippen LogP contribution in [0, 0.1) is 0 Å². The zero-order valence-electron chi connectivity index (χ0n) is 12.0. The molecule has 5 heteroatoms. The lowest BCUT2D eigenvalue weighted by atomic mass is 9.96. The number of rotatable bonds is 1. The highest BCUT2D eigenvalue weighted by Crippen LogP contribution is 2.41. The van der Waals surface area contributed by atoms with Crippen molar-refractivity contribution < 1.29 is 0 Å². The van der Waals surface area contributed by atoms with E-state index in [1.54, 1.807) is 11.9 Å². The molecule has 2 saturated heterocycles. The van der Waals surface area contributed by atoms with Gasteiger partial charge in [0.15, 0.2) is 17.0 Å². The molecular weight excluding hydrogens is 250 g/mol. The standard InChI is InChI=1S/C15H19N5/c1-3-10-6-11-4-5-12(7-10)20(11)15-13-14(16-8-17-15)19(2)9-18-13/h3,8-9,11-12H,4-7H2,1-2H3. The predicted molar refractivity (Wildman–Crippen MR) is 78.6 cm³/mol. The molecule has 0 saturated carbocycles. The summed E-state index contributed by atoms with van der Waals surface area (Å²) in [6.07, 6.45) is 10.7. The summed E-state index contributed by atoms with van der Waals surface area (Å²) in [5.41, 5.74) is 3.46. The maximum absolute atomic E-state index is 4.56. The molecule has 2 aliphatic heterocycles. The molecule has 0 amide bonds. The van der Waals surface area contributed by atoms with Gasteiger partial charge in [-0.2, -0.15) is 0 Å². The highest BCUT2D eigenvalue weighted by Gasteiger charge is 2.40. The average Bonchev–Trinajstić information content (AvgIpc) is 2.97. The minimum absolute atomic E-state index is 0.583. The molecule has 0 spiro atoms. The van der Waals surface area contributed by atoms with Gasteiger partial charge >= 0.3 is 0 Å². The molecule has 2 aromatic rings.